The first-order valence-corrected chi connectivity index (χ1v) is 6.97. The third-order valence-corrected chi connectivity index (χ3v) is 3.47. The molecule has 0 amide bonds. The van der Waals surface area contributed by atoms with E-state index in [2.05, 4.69) is 4.99 Å². The maximum atomic E-state index is 12.4. The van der Waals surface area contributed by atoms with Crippen molar-refractivity contribution in [3.8, 4) is 5.75 Å². The van der Waals surface area contributed by atoms with E-state index < -0.39 is 0 Å². The summed E-state index contributed by atoms with van der Waals surface area (Å²) in [6, 6.07) is 9.99. The molecule has 2 aromatic carbocycles. The highest BCUT2D eigenvalue weighted by molar-refractivity contribution is 6.30. The van der Waals surface area contributed by atoms with Gasteiger partial charge in [-0.15, -0.1) is 0 Å². The Kier molecular flexibility index (Phi) is 3.69. The molecule has 1 N–H and O–H groups in total. The monoisotopic (exact) mass is 313 g/mol. The van der Waals surface area contributed by atoms with Gasteiger partial charge in [0.2, 0.25) is 5.43 Å². The van der Waals surface area contributed by atoms with Crippen LogP contribution in [0.25, 0.3) is 11.0 Å². The van der Waals surface area contributed by atoms with Crippen LogP contribution in [0.2, 0.25) is 5.02 Å². The van der Waals surface area contributed by atoms with Gasteiger partial charge in [0, 0.05) is 17.3 Å². The van der Waals surface area contributed by atoms with Crippen LogP contribution in [-0.4, -0.2) is 11.3 Å². The van der Waals surface area contributed by atoms with E-state index in [9.17, 15) is 9.90 Å². The fourth-order valence-electron chi connectivity index (χ4n) is 2.09. The number of hydrogen-bond acceptors (Lipinski definition) is 4. The molecular weight excluding hydrogens is 302 g/mol. The zero-order chi connectivity index (χ0) is 15.7. The SMILES string of the molecule is Cc1ccc2occ(C=Nc3ccc(Cl)cc3O)c(=O)c2c1. The van der Waals surface area contributed by atoms with E-state index in [1.807, 2.05) is 13.0 Å². The molecule has 4 nitrogen and oxygen atoms in total. The molecule has 1 heterocycles. The summed E-state index contributed by atoms with van der Waals surface area (Å²) >= 11 is 5.76. The van der Waals surface area contributed by atoms with Crippen LogP contribution in [0.4, 0.5) is 5.69 Å². The average molecular weight is 314 g/mol. The summed E-state index contributed by atoms with van der Waals surface area (Å²) in [5, 5.41) is 10.7. The van der Waals surface area contributed by atoms with Crippen molar-refractivity contribution >= 4 is 34.5 Å². The van der Waals surface area contributed by atoms with Crippen LogP contribution < -0.4 is 5.43 Å². The third-order valence-electron chi connectivity index (χ3n) is 3.23. The fourth-order valence-corrected chi connectivity index (χ4v) is 2.26. The van der Waals surface area contributed by atoms with Crippen LogP contribution in [0.5, 0.6) is 5.75 Å². The van der Waals surface area contributed by atoms with E-state index in [1.165, 1.54) is 18.5 Å². The molecule has 0 saturated carbocycles. The number of nitrogens with zero attached hydrogens (tertiary/aromatic N) is 1. The number of fused-ring (bicyclic) bond motifs is 1. The Hall–Kier alpha value is -2.59. The molecule has 0 unspecified atom stereocenters. The minimum Gasteiger partial charge on any atom is -0.506 e. The Bertz CT molecular complexity index is 944. The summed E-state index contributed by atoms with van der Waals surface area (Å²) in [7, 11) is 0. The van der Waals surface area contributed by atoms with Gasteiger partial charge in [-0.05, 0) is 31.2 Å². The summed E-state index contributed by atoms with van der Waals surface area (Å²) in [5.74, 6) is -0.0511. The average Bonchev–Trinajstić information content (AvgIpc) is 2.49. The number of aromatic hydroxyl groups is 1. The molecule has 3 rings (SSSR count). The van der Waals surface area contributed by atoms with Crippen molar-refractivity contribution < 1.29 is 9.52 Å². The molecule has 0 saturated heterocycles. The minimum absolute atomic E-state index is 0.0511. The molecule has 0 aliphatic carbocycles. The van der Waals surface area contributed by atoms with E-state index in [4.69, 9.17) is 16.0 Å². The smallest absolute Gasteiger partial charge is 0.201 e. The largest absolute Gasteiger partial charge is 0.506 e. The van der Waals surface area contributed by atoms with E-state index in [1.54, 1.807) is 24.3 Å². The standard InChI is InChI=1S/C17H12ClNO3/c1-10-2-5-16-13(6-10)17(21)11(9-22-16)8-19-14-4-3-12(18)7-15(14)20/h2-9,20H,1H3. The molecule has 22 heavy (non-hydrogen) atoms. The molecule has 0 aliphatic heterocycles. The van der Waals surface area contributed by atoms with Gasteiger partial charge in [-0.1, -0.05) is 23.2 Å². The maximum absolute atomic E-state index is 12.4. The van der Waals surface area contributed by atoms with Crippen LogP contribution in [-0.2, 0) is 0 Å². The van der Waals surface area contributed by atoms with Crippen molar-refractivity contribution in [2.75, 3.05) is 0 Å². The number of aryl methyl sites for hydroxylation is 1. The Morgan fingerprint density at radius 2 is 2.05 bits per heavy atom. The maximum Gasteiger partial charge on any atom is 0.201 e. The van der Waals surface area contributed by atoms with Crippen molar-refractivity contribution in [2.24, 2.45) is 4.99 Å². The minimum atomic E-state index is -0.165. The van der Waals surface area contributed by atoms with Crippen molar-refractivity contribution in [1.29, 1.82) is 0 Å². The van der Waals surface area contributed by atoms with Crippen LogP contribution in [0.1, 0.15) is 11.1 Å². The number of hydrogen-bond donors (Lipinski definition) is 1. The molecule has 0 aliphatic rings. The molecule has 0 radical (unpaired) electrons. The van der Waals surface area contributed by atoms with Gasteiger partial charge >= 0.3 is 0 Å². The highest BCUT2D eigenvalue weighted by atomic mass is 35.5. The Morgan fingerprint density at radius 1 is 1.23 bits per heavy atom. The number of benzene rings is 2. The molecule has 5 heteroatoms. The van der Waals surface area contributed by atoms with E-state index >= 15 is 0 Å². The van der Waals surface area contributed by atoms with E-state index in [-0.39, 0.29) is 11.2 Å². The molecule has 0 bridgehead atoms. The summed E-state index contributed by atoms with van der Waals surface area (Å²) in [4.78, 5) is 16.5. The highest BCUT2D eigenvalue weighted by Crippen LogP contribution is 2.28. The van der Waals surface area contributed by atoms with Crippen LogP contribution in [0, 0.1) is 6.92 Å². The van der Waals surface area contributed by atoms with Crippen molar-refractivity contribution in [1.82, 2.24) is 0 Å². The zero-order valence-electron chi connectivity index (χ0n) is 11.7. The summed E-state index contributed by atoms with van der Waals surface area (Å²) in [5.41, 5.74) is 1.98. The van der Waals surface area contributed by atoms with Gasteiger partial charge in [0.1, 0.15) is 23.3 Å². The quantitative estimate of drug-likeness (QED) is 0.721. The molecule has 3 aromatic rings. The summed E-state index contributed by atoms with van der Waals surface area (Å²) in [6.45, 7) is 1.91. The molecule has 0 atom stereocenters. The van der Waals surface area contributed by atoms with Gasteiger partial charge in [0.25, 0.3) is 0 Å². The first kappa shape index (κ1) is 14.4. The number of halogens is 1. The van der Waals surface area contributed by atoms with E-state index in [0.717, 1.165) is 5.56 Å². The van der Waals surface area contributed by atoms with E-state index in [0.29, 0.717) is 27.2 Å². The van der Waals surface area contributed by atoms with Gasteiger partial charge in [0.15, 0.2) is 0 Å². The third kappa shape index (κ3) is 2.73. The highest BCUT2D eigenvalue weighted by Gasteiger charge is 2.06. The molecular formula is C17H12ClNO3. The van der Waals surface area contributed by atoms with Crippen LogP contribution >= 0.6 is 11.6 Å². The van der Waals surface area contributed by atoms with Crippen molar-refractivity contribution in [3.63, 3.8) is 0 Å². The van der Waals surface area contributed by atoms with Gasteiger partial charge in [-0.3, -0.25) is 9.79 Å². The Labute approximate surface area is 131 Å². The summed E-state index contributed by atoms with van der Waals surface area (Å²) < 4.78 is 5.44. The second-order valence-corrected chi connectivity index (χ2v) is 5.35. The first-order valence-electron chi connectivity index (χ1n) is 6.59. The molecule has 0 fully saturated rings. The lowest BCUT2D eigenvalue weighted by Crippen LogP contribution is -2.07. The van der Waals surface area contributed by atoms with Gasteiger partial charge < -0.3 is 9.52 Å². The van der Waals surface area contributed by atoms with Crippen molar-refractivity contribution in [3.05, 3.63) is 69.0 Å². The topological polar surface area (TPSA) is 62.8 Å². The Morgan fingerprint density at radius 3 is 2.82 bits per heavy atom. The molecule has 0 spiro atoms. The normalized spacial score (nSPS) is 11.4. The predicted octanol–water partition coefficient (Wildman–Crippen LogP) is 4.21. The van der Waals surface area contributed by atoms with Gasteiger partial charge in [0.05, 0.1) is 10.9 Å². The second-order valence-electron chi connectivity index (χ2n) is 4.91. The van der Waals surface area contributed by atoms with Gasteiger partial charge in [-0.25, -0.2) is 0 Å². The van der Waals surface area contributed by atoms with Crippen molar-refractivity contribution in [2.45, 2.75) is 6.92 Å². The number of phenolic OH excluding ortho intramolecular Hbond substituents is 1. The molecule has 1 aromatic heterocycles. The lowest BCUT2D eigenvalue weighted by Gasteiger charge is -2.01. The lowest BCUT2D eigenvalue weighted by molar-refractivity contribution is 0.477. The number of rotatable bonds is 2. The first-order chi connectivity index (χ1) is 10.5. The number of aliphatic imine (C=N–C) groups is 1. The zero-order valence-corrected chi connectivity index (χ0v) is 12.5. The fraction of sp³-hybridized carbons (Fsp3) is 0.0588. The van der Waals surface area contributed by atoms with Crippen LogP contribution in [0.3, 0.4) is 0 Å². The summed E-state index contributed by atoms with van der Waals surface area (Å²) in [6.07, 6.45) is 2.73. The Balaban J connectivity index is 2.05. The predicted molar refractivity (Wildman–Crippen MR) is 87.6 cm³/mol. The molecule has 110 valence electrons. The lowest BCUT2D eigenvalue weighted by atomic mass is 10.1. The van der Waals surface area contributed by atoms with Crippen LogP contribution in [0.15, 0.2) is 56.9 Å². The second kappa shape index (κ2) is 5.66. The number of phenols is 1. The van der Waals surface area contributed by atoms with Gasteiger partial charge in [-0.2, -0.15) is 0 Å².